The van der Waals surface area contributed by atoms with E-state index in [0.29, 0.717) is 6.61 Å². The molecule has 0 unspecified atom stereocenters. The van der Waals surface area contributed by atoms with Crippen molar-refractivity contribution in [1.29, 1.82) is 5.26 Å². The van der Waals surface area contributed by atoms with E-state index in [4.69, 9.17) is 15.7 Å². The zero-order valence-corrected chi connectivity index (χ0v) is 10.7. The molecule has 0 radical (unpaired) electrons. The van der Waals surface area contributed by atoms with Gasteiger partial charge in [-0.05, 0) is 44.0 Å². The van der Waals surface area contributed by atoms with Crippen molar-refractivity contribution < 1.29 is 4.74 Å². The first-order chi connectivity index (χ1) is 8.67. The van der Waals surface area contributed by atoms with Crippen molar-refractivity contribution in [2.24, 2.45) is 5.73 Å². The summed E-state index contributed by atoms with van der Waals surface area (Å²) < 4.78 is 5.42. The molecule has 0 saturated carbocycles. The normalized spacial score (nSPS) is 18.2. The largest absolute Gasteiger partial charge is 0.494 e. The van der Waals surface area contributed by atoms with E-state index in [1.807, 2.05) is 19.1 Å². The van der Waals surface area contributed by atoms with Crippen LogP contribution in [0.3, 0.4) is 0 Å². The van der Waals surface area contributed by atoms with Gasteiger partial charge in [0.15, 0.2) is 0 Å². The van der Waals surface area contributed by atoms with Crippen molar-refractivity contribution in [2.45, 2.75) is 25.3 Å². The Morgan fingerprint density at radius 1 is 1.33 bits per heavy atom. The minimum absolute atomic E-state index is 0.637. The lowest BCUT2D eigenvalue weighted by Gasteiger charge is -2.36. The van der Waals surface area contributed by atoms with Crippen molar-refractivity contribution in [3.63, 3.8) is 0 Å². The van der Waals surface area contributed by atoms with Gasteiger partial charge in [0.05, 0.1) is 12.7 Å². The molecule has 0 amide bonds. The molecule has 1 aromatic rings. The number of hydrogen-bond donors (Lipinski definition) is 1. The Kier molecular flexibility index (Phi) is 3.73. The van der Waals surface area contributed by atoms with E-state index in [-0.39, 0.29) is 0 Å². The molecule has 18 heavy (non-hydrogen) atoms. The van der Waals surface area contributed by atoms with E-state index in [1.165, 1.54) is 5.69 Å². The number of nitriles is 1. The molecule has 0 atom stereocenters. The van der Waals surface area contributed by atoms with Crippen LogP contribution in [0.2, 0.25) is 0 Å². The Bertz CT molecular complexity index is 427. The van der Waals surface area contributed by atoms with Gasteiger partial charge in [0.2, 0.25) is 0 Å². The fourth-order valence-electron chi connectivity index (χ4n) is 2.20. The summed E-state index contributed by atoms with van der Waals surface area (Å²) in [5, 5.41) is 8.99. The fourth-order valence-corrected chi connectivity index (χ4v) is 2.20. The summed E-state index contributed by atoms with van der Waals surface area (Å²) in [5.74, 6) is 0.892. The predicted octanol–water partition coefficient (Wildman–Crippen LogP) is 1.91. The average molecular weight is 245 g/mol. The second-order valence-corrected chi connectivity index (χ2v) is 4.68. The minimum atomic E-state index is -0.637. The molecule has 1 aliphatic rings. The number of ether oxygens (including phenoxy) is 1. The molecular weight excluding hydrogens is 226 g/mol. The summed E-state index contributed by atoms with van der Waals surface area (Å²) in [6.45, 7) is 4.32. The quantitative estimate of drug-likeness (QED) is 0.883. The van der Waals surface area contributed by atoms with Crippen molar-refractivity contribution in [2.75, 3.05) is 24.6 Å². The molecule has 0 aromatic heterocycles. The van der Waals surface area contributed by atoms with E-state index in [9.17, 15) is 0 Å². The predicted molar refractivity (Wildman–Crippen MR) is 71.6 cm³/mol. The second kappa shape index (κ2) is 5.28. The van der Waals surface area contributed by atoms with Gasteiger partial charge < -0.3 is 15.4 Å². The molecule has 0 bridgehead atoms. The van der Waals surface area contributed by atoms with Gasteiger partial charge in [0.1, 0.15) is 11.3 Å². The van der Waals surface area contributed by atoms with Gasteiger partial charge in [-0.2, -0.15) is 5.26 Å². The van der Waals surface area contributed by atoms with Gasteiger partial charge >= 0.3 is 0 Å². The highest BCUT2D eigenvalue weighted by atomic mass is 16.5. The van der Waals surface area contributed by atoms with Crippen LogP contribution in [0.1, 0.15) is 19.8 Å². The first-order valence-corrected chi connectivity index (χ1v) is 6.35. The Hall–Kier alpha value is -1.73. The number of benzene rings is 1. The lowest BCUT2D eigenvalue weighted by atomic mass is 9.90. The van der Waals surface area contributed by atoms with E-state index in [0.717, 1.165) is 31.7 Å². The minimum Gasteiger partial charge on any atom is -0.494 e. The fraction of sp³-hybridized carbons (Fsp3) is 0.500. The van der Waals surface area contributed by atoms with Gasteiger partial charge in [0, 0.05) is 18.8 Å². The maximum Gasteiger partial charge on any atom is 0.119 e. The zero-order valence-electron chi connectivity index (χ0n) is 10.7. The van der Waals surface area contributed by atoms with Gasteiger partial charge in [-0.3, -0.25) is 0 Å². The lowest BCUT2D eigenvalue weighted by molar-refractivity contribution is 0.340. The molecule has 2 N–H and O–H groups in total. The van der Waals surface area contributed by atoms with E-state index < -0.39 is 5.54 Å². The molecule has 1 fully saturated rings. The van der Waals surface area contributed by atoms with Crippen molar-refractivity contribution in [3.05, 3.63) is 24.3 Å². The molecule has 2 rings (SSSR count). The maximum atomic E-state index is 8.99. The Labute approximate surface area is 108 Å². The molecule has 4 heteroatoms. The third-order valence-electron chi connectivity index (χ3n) is 3.39. The van der Waals surface area contributed by atoms with Crippen LogP contribution in [0, 0.1) is 11.3 Å². The van der Waals surface area contributed by atoms with Gasteiger partial charge in [-0.1, -0.05) is 0 Å². The van der Waals surface area contributed by atoms with Crippen LogP contribution in [0.15, 0.2) is 24.3 Å². The first kappa shape index (κ1) is 12.7. The highest BCUT2D eigenvalue weighted by Crippen LogP contribution is 2.25. The molecule has 1 saturated heterocycles. The standard InChI is InChI=1S/C14H19N3O/c1-2-18-13-5-3-12(4-6-13)17-9-7-14(16,11-15)8-10-17/h3-6H,2,7-10,16H2,1H3. The van der Waals surface area contributed by atoms with Gasteiger partial charge in [-0.15, -0.1) is 0 Å². The third-order valence-corrected chi connectivity index (χ3v) is 3.39. The molecule has 0 spiro atoms. The Morgan fingerprint density at radius 3 is 2.44 bits per heavy atom. The number of anilines is 1. The van der Waals surface area contributed by atoms with Crippen LogP contribution in [0.5, 0.6) is 5.75 Å². The van der Waals surface area contributed by atoms with Crippen LogP contribution in [0.4, 0.5) is 5.69 Å². The Balaban J connectivity index is 1.99. The summed E-state index contributed by atoms with van der Waals surface area (Å²) in [6, 6.07) is 10.3. The smallest absolute Gasteiger partial charge is 0.119 e. The number of rotatable bonds is 3. The molecule has 0 aliphatic carbocycles. The molecule has 96 valence electrons. The van der Waals surface area contributed by atoms with Crippen molar-refractivity contribution in [3.8, 4) is 11.8 Å². The summed E-state index contributed by atoms with van der Waals surface area (Å²) in [7, 11) is 0. The monoisotopic (exact) mass is 245 g/mol. The van der Waals surface area contributed by atoms with Crippen LogP contribution in [0.25, 0.3) is 0 Å². The molecular formula is C14H19N3O. The van der Waals surface area contributed by atoms with Crippen LogP contribution < -0.4 is 15.4 Å². The van der Waals surface area contributed by atoms with Crippen LogP contribution in [-0.2, 0) is 0 Å². The maximum absolute atomic E-state index is 8.99. The van der Waals surface area contributed by atoms with Gasteiger partial charge in [-0.25, -0.2) is 0 Å². The molecule has 4 nitrogen and oxygen atoms in total. The number of nitrogens with two attached hydrogens (primary N) is 1. The van der Waals surface area contributed by atoms with E-state index in [1.54, 1.807) is 0 Å². The number of nitrogens with zero attached hydrogens (tertiary/aromatic N) is 2. The molecule has 1 aromatic carbocycles. The molecule has 1 aliphatic heterocycles. The SMILES string of the molecule is CCOc1ccc(N2CCC(N)(C#N)CC2)cc1. The van der Waals surface area contributed by atoms with Crippen LogP contribution >= 0.6 is 0 Å². The van der Waals surface area contributed by atoms with Crippen LogP contribution in [-0.4, -0.2) is 25.2 Å². The third kappa shape index (κ3) is 2.74. The van der Waals surface area contributed by atoms with E-state index in [2.05, 4.69) is 23.1 Å². The number of hydrogen-bond acceptors (Lipinski definition) is 4. The highest BCUT2D eigenvalue weighted by Gasteiger charge is 2.30. The van der Waals surface area contributed by atoms with E-state index >= 15 is 0 Å². The highest BCUT2D eigenvalue weighted by molar-refractivity contribution is 5.49. The number of piperidine rings is 1. The Morgan fingerprint density at radius 2 is 1.94 bits per heavy atom. The summed E-state index contributed by atoms with van der Waals surface area (Å²) in [5.41, 5.74) is 6.48. The molecule has 1 heterocycles. The zero-order chi connectivity index (χ0) is 13.0. The van der Waals surface area contributed by atoms with Crippen molar-refractivity contribution in [1.82, 2.24) is 0 Å². The topological polar surface area (TPSA) is 62.3 Å². The lowest BCUT2D eigenvalue weighted by Crippen LogP contribution is -2.49. The van der Waals surface area contributed by atoms with Gasteiger partial charge in [0.25, 0.3) is 0 Å². The summed E-state index contributed by atoms with van der Waals surface area (Å²) in [4.78, 5) is 2.26. The summed E-state index contributed by atoms with van der Waals surface area (Å²) >= 11 is 0. The second-order valence-electron chi connectivity index (χ2n) is 4.68. The van der Waals surface area contributed by atoms with Crippen molar-refractivity contribution >= 4 is 5.69 Å². The average Bonchev–Trinajstić information content (AvgIpc) is 2.41. The first-order valence-electron chi connectivity index (χ1n) is 6.35. The summed E-state index contributed by atoms with van der Waals surface area (Å²) in [6.07, 6.45) is 1.44.